The van der Waals surface area contributed by atoms with Gasteiger partial charge >= 0.3 is 0 Å². The molecule has 1 aliphatic carbocycles. The maximum absolute atomic E-state index is 12.7. The molecule has 2 aromatic carbocycles. The van der Waals surface area contributed by atoms with E-state index in [0.717, 1.165) is 29.8 Å². The van der Waals surface area contributed by atoms with Crippen molar-refractivity contribution in [2.24, 2.45) is 11.7 Å². The lowest BCUT2D eigenvalue weighted by atomic mass is 9.92. The van der Waals surface area contributed by atoms with Gasteiger partial charge in [0.2, 0.25) is 11.8 Å². The average molecular weight is 480 g/mol. The Hall–Kier alpha value is -3.02. The highest BCUT2D eigenvalue weighted by molar-refractivity contribution is 5.79. The van der Waals surface area contributed by atoms with Crippen LogP contribution < -0.4 is 20.7 Å². The monoisotopic (exact) mass is 479 g/mol. The molecule has 1 fully saturated rings. The molecule has 6 heteroatoms. The van der Waals surface area contributed by atoms with Crippen LogP contribution in [0.1, 0.15) is 71.3 Å². The zero-order valence-electron chi connectivity index (χ0n) is 21.5. The first-order valence-electron chi connectivity index (χ1n) is 12.8. The highest BCUT2D eigenvalue weighted by Gasteiger charge is 2.29. The third kappa shape index (κ3) is 8.93. The Morgan fingerprint density at radius 3 is 2.31 bits per heavy atom. The lowest BCUT2D eigenvalue weighted by molar-refractivity contribution is -0.124. The number of nitrogens with zero attached hydrogens (tertiary/aromatic N) is 1. The van der Waals surface area contributed by atoms with Gasteiger partial charge in [0.25, 0.3) is 0 Å². The van der Waals surface area contributed by atoms with Gasteiger partial charge in [0, 0.05) is 31.1 Å². The lowest BCUT2D eigenvalue weighted by Crippen LogP contribution is -2.54. The number of hydrogen-bond acceptors (Lipinski definition) is 4. The van der Waals surface area contributed by atoms with Gasteiger partial charge in [-0.3, -0.25) is 9.59 Å². The van der Waals surface area contributed by atoms with Crippen LogP contribution in [0.4, 0.5) is 5.69 Å². The van der Waals surface area contributed by atoms with Gasteiger partial charge in [0.1, 0.15) is 12.4 Å². The van der Waals surface area contributed by atoms with E-state index in [2.05, 4.69) is 48.3 Å². The highest BCUT2D eigenvalue weighted by atomic mass is 16.5. The summed E-state index contributed by atoms with van der Waals surface area (Å²) in [6.45, 7) is 7.26. The summed E-state index contributed by atoms with van der Waals surface area (Å²) in [6, 6.07) is 18.9. The second-order valence-corrected chi connectivity index (χ2v) is 10.6. The zero-order valence-corrected chi connectivity index (χ0v) is 21.5. The van der Waals surface area contributed by atoms with Crippen LogP contribution in [0.25, 0.3) is 0 Å². The van der Waals surface area contributed by atoms with Crippen molar-refractivity contribution in [1.29, 1.82) is 0 Å². The molecule has 0 saturated heterocycles. The number of amides is 2. The minimum atomic E-state index is -0.427. The van der Waals surface area contributed by atoms with Crippen molar-refractivity contribution >= 4 is 17.5 Å². The third-order valence-corrected chi connectivity index (χ3v) is 6.56. The van der Waals surface area contributed by atoms with Crippen LogP contribution in [0.2, 0.25) is 0 Å². The molecule has 0 radical (unpaired) electrons. The number of nitrogens with one attached hydrogen (secondary N) is 1. The van der Waals surface area contributed by atoms with Gasteiger partial charge in [0.15, 0.2) is 0 Å². The number of ether oxygens (including phenoxy) is 1. The molecule has 3 rings (SSSR count). The van der Waals surface area contributed by atoms with E-state index < -0.39 is 5.54 Å². The summed E-state index contributed by atoms with van der Waals surface area (Å²) in [5, 5.41) is 3.19. The zero-order chi connectivity index (χ0) is 25.3. The summed E-state index contributed by atoms with van der Waals surface area (Å²) in [7, 11) is 0. The Labute approximate surface area is 210 Å². The van der Waals surface area contributed by atoms with Crippen LogP contribution in [-0.4, -0.2) is 29.9 Å². The molecule has 0 spiro atoms. The fraction of sp³-hybridized carbons (Fsp3) is 0.517. The Bertz CT molecular complexity index is 937. The molecule has 2 aromatic rings. The largest absolute Gasteiger partial charge is 0.489 e. The minimum absolute atomic E-state index is 0.0444. The summed E-state index contributed by atoms with van der Waals surface area (Å²) in [4.78, 5) is 26.3. The lowest BCUT2D eigenvalue weighted by Gasteiger charge is -2.41. The fourth-order valence-corrected chi connectivity index (χ4v) is 4.92. The molecule has 1 saturated carbocycles. The van der Waals surface area contributed by atoms with Crippen molar-refractivity contribution in [3.8, 4) is 5.75 Å². The predicted molar refractivity (Wildman–Crippen MR) is 141 cm³/mol. The summed E-state index contributed by atoms with van der Waals surface area (Å²) in [5.74, 6) is 0.361. The number of hydrogen-bond donors (Lipinski definition) is 2. The number of benzene rings is 2. The molecule has 1 unspecified atom stereocenters. The Balaban J connectivity index is 1.66. The van der Waals surface area contributed by atoms with Crippen LogP contribution in [0.3, 0.4) is 0 Å². The van der Waals surface area contributed by atoms with Gasteiger partial charge in [-0.1, -0.05) is 56.5 Å². The first-order valence-corrected chi connectivity index (χ1v) is 12.8. The summed E-state index contributed by atoms with van der Waals surface area (Å²) in [5.41, 5.74) is 7.14. The number of rotatable bonds is 12. The van der Waals surface area contributed by atoms with E-state index in [0.29, 0.717) is 25.6 Å². The molecule has 35 heavy (non-hydrogen) atoms. The first-order chi connectivity index (χ1) is 16.7. The van der Waals surface area contributed by atoms with Crippen molar-refractivity contribution < 1.29 is 14.3 Å². The van der Waals surface area contributed by atoms with Crippen LogP contribution >= 0.6 is 0 Å². The topological polar surface area (TPSA) is 84.7 Å². The second kappa shape index (κ2) is 12.6. The quantitative estimate of drug-likeness (QED) is 0.438. The minimum Gasteiger partial charge on any atom is -0.489 e. The van der Waals surface area contributed by atoms with E-state index in [4.69, 9.17) is 10.5 Å². The number of carbonyl (C=O) groups is 2. The second-order valence-electron chi connectivity index (χ2n) is 10.6. The van der Waals surface area contributed by atoms with Crippen molar-refractivity contribution in [2.45, 2.75) is 83.9 Å². The number of anilines is 1. The van der Waals surface area contributed by atoms with Gasteiger partial charge in [-0.25, -0.2) is 0 Å². The smallest absolute Gasteiger partial charge is 0.220 e. The predicted octanol–water partition coefficient (Wildman–Crippen LogP) is 5.20. The summed E-state index contributed by atoms with van der Waals surface area (Å²) < 4.78 is 5.98. The van der Waals surface area contributed by atoms with Gasteiger partial charge < -0.3 is 20.7 Å². The molecule has 0 aromatic heterocycles. The van der Waals surface area contributed by atoms with E-state index in [1.165, 1.54) is 19.3 Å². The molecule has 2 amide bonds. The standard InChI is InChI=1S/C29H41N3O3/c1-22(18-27(30)33)19-28(34)31-29(2,3)21-32(24-12-8-5-9-13-24)25-14-16-26(17-15-25)35-20-23-10-6-4-7-11-23/h4,6-7,10-11,14-17,22,24H,5,8-9,12-13,18-21H2,1-3H3,(H2,30,33)(H,31,34). The average Bonchev–Trinajstić information content (AvgIpc) is 2.82. The number of primary amides is 1. The molecular weight excluding hydrogens is 438 g/mol. The van der Waals surface area contributed by atoms with Crippen LogP contribution in [0, 0.1) is 5.92 Å². The van der Waals surface area contributed by atoms with E-state index in [1.54, 1.807) is 0 Å². The van der Waals surface area contributed by atoms with E-state index in [-0.39, 0.29) is 24.2 Å². The molecule has 1 aliphatic rings. The highest BCUT2D eigenvalue weighted by Crippen LogP contribution is 2.30. The maximum atomic E-state index is 12.7. The normalized spacial score (nSPS) is 15.3. The SMILES string of the molecule is CC(CC(N)=O)CC(=O)NC(C)(C)CN(c1ccc(OCc2ccccc2)cc1)C1CCCCC1. The van der Waals surface area contributed by atoms with Crippen molar-refractivity contribution in [2.75, 3.05) is 11.4 Å². The molecule has 190 valence electrons. The molecule has 3 N–H and O–H groups in total. The third-order valence-electron chi connectivity index (χ3n) is 6.56. The van der Waals surface area contributed by atoms with E-state index in [1.807, 2.05) is 37.3 Å². The molecular formula is C29H41N3O3. The maximum Gasteiger partial charge on any atom is 0.220 e. The van der Waals surface area contributed by atoms with Crippen LogP contribution in [0.5, 0.6) is 5.75 Å². The molecule has 1 atom stereocenters. The molecule has 0 heterocycles. The Morgan fingerprint density at radius 1 is 1.03 bits per heavy atom. The Kier molecular flexibility index (Phi) is 9.58. The number of nitrogens with two attached hydrogens (primary N) is 1. The van der Waals surface area contributed by atoms with Crippen LogP contribution in [-0.2, 0) is 16.2 Å². The fourth-order valence-electron chi connectivity index (χ4n) is 4.92. The van der Waals surface area contributed by atoms with Crippen molar-refractivity contribution in [1.82, 2.24) is 5.32 Å². The van der Waals surface area contributed by atoms with Crippen molar-refractivity contribution in [3.63, 3.8) is 0 Å². The van der Waals surface area contributed by atoms with Gasteiger partial charge in [-0.05, 0) is 62.4 Å². The molecule has 6 nitrogen and oxygen atoms in total. The van der Waals surface area contributed by atoms with Crippen LogP contribution in [0.15, 0.2) is 54.6 Å². The summed E-state index contributed by atoms with van der Waals surface area (Å²) in [6.07, 6.45) is 6.59. The molecule has 0 bridgehead atoms. The van der Waals surface area contributed by atoms with E-state index in [9.17, 15) is 9.59 Å². The van der Waals surface area contributed by atoms with E-state index >= 15 is 0 Å². The molecule has 0 aliphatic heterocycles. The Morgan fingerprint density at radius 2 is 1.69 bits per heavy atom. The first kappa shape index (κ1) is 26.6. The van der Waals surface area contributed by atoms with Gasteiger partial charge in [-0.2, -0.15) is 0 Å². The number of carbonyl (C=O) groups excluding carboxylic acids is 2. The van der Waals surface area contributed by atoms with Gasteiger partial charge in [0.05, 0.1) is 5.54 Å². The van der Waals surface area contributed by atoms with Crippen molar-refractivity contribution in [3.05, 3.63) is 60.2 Å². The summed E-state index contributed by atoms with van der Waals surface area (Å²) >= 11 is 0. The van der Waals surface area contributed by atoms with Gasteiger partial charge in [-0.15, -0.1) is 0 Å².